The van der Waals surface area contributed by atoms with E-state index in [1.165, 1.54) is 0 Å². The van der Waals surface area contributed by atoms with Crippen molar-refractivity contribution >= 4 is 17.3 Å². The summed E-state index contributed by atoms with van der Waals surface area (Å²) in [5.74, 6) is 0.0571. The highest BCUT2D eigenvalue weighted by molar-refractivity contribution is 5.90. The largest absolute Gasteiger partial charge is 0.379 e. The maximum absolute atomic E-state index is 11.5. The van der Waals surface area contributed by atoms with E-state index in [1.807, 2.05) is 49.4 Å². The lowest BCUT2D eigenvalue weighted by molar-refractivity contribution is -0.116. The summed E-state index contributed by atoms with van der Waals surface area (Å²) in [5, 5.41) is 6.16. The fourth-order valence-corrected chi connectivity index (χ4v) is 1.82. The van der Waals surface area contributed by atoms with Crippen molar-refractivity contribution in [2.24, 2.45) is 0 Å². The van der Waals surface area contributed by atoms with Crippen LogP contribution in [0.2, 0.25) is 0 Å². The van der Waals surface area contributed by atoms with Crippen molar-refractivity contribution in [2.45, 2.75) is 26.3 Å². The number of nitrogens with zero attached hydrogens (tertiary/aromatic N) is 1. The predicted molar refractivity (Wildman–Crippen MR) is 81.5 cm³/mol. The Morgan fingerprint density at radius 2 is 1.85 bits per heavy atom. The predicted octanol–water partition coefficient (Wildman–Crippen LogP) is 3.43. The molecule has 0 atom stereocenters. The first kappa shape index (κ1) is 14.1. The van der Waals surface area contributed by atoms with Crippen LogP contribution < -0.4 is 10.6 Å². The zero-order chi connectivity index (χ0) is 14.2. The van der Waals surface area contributed by atoms with Crippen molar-refractivity contribution < 1.29 is 4.79 Å². The average molecular weight is 269 g/mol. The summed E-state index contributed by atoms with van der Waals surface area (Å²) in [4.78, 5) is 15.7. The first-order valence-electron chi connectivity index (χ1n) is 6.81. The fraction of sp³-hybridized carbons (Fsp3) is 0.250. The summed E-state index contributed by atoms with van der Waals surface area (Å²) in [6.45, 7) is 2.67. The van der Waals surface area contributed by atoms with Crippen molar-refractivity contribution in [3.8, 4) is 0 Å². The second-order valence-electron chi connectivity index (χ2n) is 4.55. The SMILES string of the molecule is CCCC(=O)Nc1ccc(NCc2ccccn2)cc1. The number of benzene rings is 1. The van der Waals surface area contributed by atoms with Gasteiger partial charge in [-0.15, -0.1) is 0 Å². The van der Waals surface area contributed by atoms with E-state index in [2.05, 4.69) is 15.6 Å². The Labute approximate surface area is 119 Å². The van der Waals surface area contributed by atoms with Crippen molar-refractivity contribution in [3.05, 3.63) is 54.4 Å². The Kier molecular flexibility index (Phi) is 5.12. The number of hydrogen-bond donors (Lipinski definition) is 2. The van der Waals surface area contributed by atoms with Crippen molar-refractivity contribution in [1.82, 2.24) is 4.98 Å². The number of nitrogens with one attached hydrogen (secondary N) is 2. The monoisotopic (exact) mass is 269 g/mol. The highest BCUT2D eigenvalue weighted by Crippen LogP contribution is 2.14. The van der Waals surface area contributed by atoms with E-state index in [9.17, 15) is 4.79 Å². The molecule has 1 aromatic heterocycles. The summed E-state index contributed by atoms with van der Waals surface area (Å²) in [7, 11) is 0. The minimum atomic E-state index is 0.0571. The number of anilines is 2. The standard InChI is InChI=1S/C16H19N3O/c1-2-5-16(20)19-14-9-7-13(8-10-14)18-12-15-6-3-4-11-17-15/h3-4,6-11,18H,2,5,12H2,1H3,(H,19,20). The van der Waals surface area contributed by atoms with Gasteiger partial charge < -0.3 is 10.6 Å². The molecule has 4 nitrogen and oxygen atoms in total. The molecule has 0 fully saturated rings. The van der Waals surface area contributed by atoms with Gasteiger partial charge in [0, 0.05) is 24.0 Å². The fourth-order valence-electron chi connectivity index (χ4n) is 1.82. The third-order valence-electron chi connectivity index (χ3n) is 2.85. The Hall–Kier alpha value is -2.36. The summed E-state index contributed by atoms with van der Waals surface area (Å²) in [5.41, 5.74) is 2.82. The lowest BCUT2D eigenvalue weighted by Crippen LogP contribution is -2.10. The molecule has 4 heteroatoms. The lowest BCUT2D eigenvalue weighted by atomic mass is 10.2. The summed E-state index contributed by atoms with van der Waals surface area (Å²) < 4.78 is 0. The van der Waals surface area contributed by atoms with Crippen LogP contribution >= 0.6 is 0 Å². The van der Waals surface area contributed by atoms with Crippen molar-refractivity contribution in [1.29, 1.82) is 0 Å². The normalized spacial score (nSPS) is 10.1. The van der Waals surface area contributed by atoms with Crippen LogP contribution in [0.3, 0.4) is 0 Å². The van der Waals surface area contributed by atoms with Gasteiger partial charge in [0.15, 0.2) is 0 Å². The van der Waals surface area contributed by atoms with E-state index in [0.717, 1.165) is 23.5 Å². The molecule has 0 aliphatic heterocycles. The van der Waals surface area contributed by atoms with Gasteiger partial charge in [0.1, 0.15) is 0 Å². The average Bonchev–Trinajstić information content (AvgIpc) is 2.48. The van der Waals surface area contributed by atoms with Crippen LogP contribution in [0, 0.1) is 0 Å². The molecule has 2 aromatic rings. The molecular formula is C16H19N3O. The number of carbonyl (C=O) groups excluding carboxylic acids is 1. The van der Waals surface area contributed by atoms with Crippen molar-refractivity contribution in [2.75, 3.05) is 10.6 Å². The zero-order valence-corrected chi connectivity index (χ0v) is 11.6. The zero-order valence-electron chi connectivity index (χ0n) is 11.6. The van der Waals surface area contributed by atoms with Gasteiger partial charge in [-0.3, -0.25) is 9.78 Å². The van der Waals surface area contributed by atoms with Crippen LogP contribution in [0.1, 0.15) is 25.5 Å². The summed E-state index contributed by atoms with van der Waals surface area (Å²) >= 11 is 0. The maximum Gasteiger partial charge on any atom is 0.224 e. The Morgan fingerprint density at radius 3 is 2.50 bits per heavy atom. The molecule has 1 amide bonds. The molecule has 2 N–H and O–H groups in total. The molecule has 0 saturated heterocycles. The molecule has 1 heterocycles. The Morgan fingerprint density at radius 1 is 1.10 bits per heavy atom. The van der Waals surface area contributed by atoms with Gasteiger partial charge in [0.05, 0.1) is 12.2 Å². The topological polar surface area (TPSA) is 54.0 Å². The van der Waals surface area contributed by atoms with Gasteiger partial charge in [-0.2, -0.15) is 0 Å². The van der Waals surface area contributed by atoms with Crippen LogP contribution in [0.25, 0.3) is 0 Å². The van der Waals surface area contributed by atoms with Crippen molar-refractivity contribution in [3.63, 3.8) is 0 Å². The number of hydrogen-bond acceptors (Lipinski definition) is 3. The molecule has 0 spiro atoms. The molecule has 0 saturated carbocycles. The third-order valence-corrected chi connectivity index (χ3v) is 2.85. The van der Waals surface area contributed by atoms with E-state index in [4.69, 9.17) is 0 Å². The van der Waals surface area contributed by atoms with E-state index >= 15 is 0 Å². The quantitative estimate of drug-likeness (QED) is 0.844. The van der Waals surface area contributed by atoms with E-state index in [-0.39, 0.29) is 5.91 Å². The van der Waals surface area contributed by atoms with Crippen LogP contribution in [-0.2, 0) is 11.3 Å². The van der Waals surface area contributed by atoms with Gasteiger partial charge in [-0.1, -0.05) is 13.0 Å². The maximum atomic E-state index is 11.5. The van der Waals surface area contributed by atoms with Crippen LogP contribution in [0.5, 0.6) is 0 Å². The highest BCUT2D eigenvalue weighted by atomic mass is 16.1. The molecular weight excluding hydrogens is 250 g/mol. The van der Waals surface area contributed by atoms with Gasteiger partial charge >= 0.3 is 0 Å². The highest BCUT2D eigenvalue weighted by Gasteiger charge is 2.00. The third kappa shape index (κ3) is 4.39. The molecule has 0 radical (unpaired) electrons. The second-order valence-corrected chi connectivity index (χ2v) is 4.55. The minimum Gasteiger partial charge on any atom is -0.379 e. The second kappa shape index (κ2) is 7.28. The van der Waals surface area contributed by atoms with Gasteiger partial charge in [0.2, 0.25) is 5.91 Å². The molecule has 0 bridgehead atoms. The van der Waals surface area contributed by atoms with E-state index in [0.29, 0.717) is 13.0 Å². The van der Waals surface area contributed by atoms with E-state index in [1.54, 1.807) is 6.20 Å². The van der Waals surface area contributed by atoms with Gasteiger partial charge in [-0.05, 0) is 42.8 Å². The molecule has 1 aromatic carbocycles. The number of amides is 1. The van der Waals surface area contributed by atoms with Crippen LogP contribution in [0.15, 0.2) is 48.7 Å². The number of pyridine rings is 1. The Balaban J connectivity index is 1.87. The van der Waals surface area contributed by atoms with Crippen LogP contribution in [0.4, 0.5) is 11.4 Å². The first-order valence-corrected chi connectivity index (χ1v) is 6.81. The Bertz CT molecular complexity index is 537. The van der Waals surface area contributed by atoms with E-state index < -0.39 is 0 Å². The molecule has 0 unspecified atom stereocenters. The molecule has 0 aliphatic carbocycles. The van der Waals surface area contributed by atoms with Crippen LogP contribution in [-0.4, -0.2) is 10.9 Å². The summed E-state index contributed by atoms with van der Waals surface area (Å²) in [6, 6.07) is 13.5. The summed E-state index contributed by atoms with van der Waals surface area (Å²) in [6.07, 6.45) is 3.19. The van der Waals surface area contributed by atoms with Gasteiger partial charge in [0.25, 0.3) is 0 Å². The lowest BCUT2D eigenvalue weighted by Gasteiger charge is -2.08. The first-order chi connectivity index (χ1) is 9.78. The molecule has 0 aliphatic rings. The molecule has 104 valence electrons. The smallest absolute Gasteiger partial charge is 0.224 e. The number of aromatic nitrogens is 1. The molecule has 20 heavy (non-hydrogen) atoms. The van der Waals surface area contributed by atoms with Gasteiger partial charge in [-0.25, -0.2) is 0 Å². The number of rotatable bonds is 6. The number of carbonyl (C=O) groups is 1. The minimum absolute atomic E-state index is 0.0571. The molecule has 2 rings (SSSR count).